The van der Waals surface area contributed by atoms with Gasteiger partial charge in [0, 0.05) is 18.1 Å². The monoisotopic (exact) mass is 333 g/mol. The second kappa shape index (κ2) is 6.85. The van der Waals surface area contributed by atoms with Crippen LogP contribution in [0.15, 0.2) is 18.2 Å². The zero-order valence-electron chi connectivity index (χ0n) is 10.9. The summed E-state index contributed by atoms with van der Waals surface area (Å²) in [6.45, 7) is 3.32. The number of halogens is 5. The van der Waals surface area contributed by atoms with Gasteiger partial charge in [0.15, 0.2) is 0 Å². The first-order valence-corrected chi connectivity index (χ1v) is 5.86. The molecule has 1 aromatic rings. The van der Waals surface area contributed by atoms with Crippen LogP contribution >= 0.6 is 24.0 Å². The second-order valence-electron chi connectivity index (χ2n) is 4.86. The molecule has 0 bridgehead atoms. The molecule has 0 aliphatic carbocycles. The van der Waals surface area contributed by atoms with Crippen molar-refractivity contribution >= 4 is 24.0 Å². The van der Waals surface area contributed by atoms with Gasteiger partial charge in [0.05, 0.1) is 5.02 Å². The summed E-state index contributed by atoms with van der Waals surface area (Å²) in [6.07, 6.45) is -4.79. The Morgan fingerprint density at radius 3 is 2.30 bits per heavy atom. The van der Waals surface area contributed by atoms with E-state index in [0.717, 1.165) is 6.07 Å². The van der Waals surface area contributed by atoms with Crippen LogP contribution in [0.2, 0.25) is 5.02 Å². The molecular weight excluding hydrogens is 318 g/mol. The Morgan fingerprint density at radius 2 is 1.90 bits per heavy atom. The highest BCUT2D eigenvalue weighted by molar-refractivity contribution is 6.32. The third-order valence-corrected chi connectivity index (χ3v) is 3.09. The van der Waals surface area contributed by atoms with E-state index in [0.29, 0.717) is 5.56 Å². The fourth-order valence-electron chi connectivity index (χ4n) is 1.47. The van der Waals surface area contributed by atoms with Crippen molar-refractivity contribution in [2.45, 2.75) is 26.3 Å². The fourth-order valence-corrected chi connectivity index (χ4v) is 1.70. The molecule has 0 heterocycles. The van der Waals surface area contributed by atoms with E-state index < -0.39 is 23.6 Å². The van der Waals surface area contributed by atoms with E-state index in [9.17, 15) is 18.3 Å². The lowest BCUT2D eigenvalue weighted by molar-refractivity contribution is -0.274. The van der Waals surface area contributed by atoms with Gasteiger partial charge >= 0.3 is 6.36 Å². The minimum Gasteiger partial charge on any atom is -0.404 e. The average molecular weight is 334 g/mol. The summed E-state index contributed by atoms with van der Waals surface area (Å²) < 4.78 is 40.0. The van der Waals surface area contributed by atoms with E-state index in [-0.39, 0.29) is 24.0 Å². The molecule has 0 aliphatic heterocycles. The molecule has 0 amide bonds. The molecule has 0 saturated heterocycles. The number of rotatable bonds is 4. The summed E-state index contributed by atoms with van der Waals surface area (Å²) in [6, 6.07) is 3.26. The van der Waals surface area contributed by atoms with Gasteiger partial charge in [-0.2, -0.15) is 0 Å². The first-order chi connectivity index (χ1) is 8.57. The number of hydrogen-bond acceptors (Lipinski definition) is 3. The van der Waals surface area contributed by atoms with Gasteiger partial charge in [-0.3, -0.25) is 0 Å². The summed E-state index contributed by atoms with van der Waals surface area (Å²) in [5.74, 6) is -0.480. The maximum absolute atomic E-state index is 12.1. The molecule has 0 aliphatic rings. The Bertz CT molecular complexity index is 453. The van der Waals surface area contributed by atoms with Gasteiger partial charge in [0.25, 0.3) is 0 Å². The predicted octanol–water partition coefficient (Wildman–Crippen LogP) is 3.68. The van der Waals surface area contributed by atoms with Crippen molar-refractivity contribution < 1.29 is 23.0 Å². The predicted molar refractivity (Wildman–Crippen MR) is 73.2 cm³/mol. The summed E-state index contributed by atoms with van der Waals surface area (Å²) in [5, 5.41) is 9.03. The zero-order chi connectivity index (χ0) is 14.8. The molecule has 0 unspecified atom stereocenters. The molecule has 0 radical (unpaired) electrons. The zero-order valence-corrected chi connectivity index (χ0v) is 12.4. The smallest absolute Gasteiger partial charge is 0.404 e. The van der Waals surface area contributed by atoms with Crippen LogP contribution in [0.1, 0.15) is 25.5 Å². The molecule has 0 spiro atoms. The van der Waals surface area contributed by atoms with Crippen molar-refractivity contribution in [1.82, 2.24) is 0 Å². The number of aliphatic hydroxyl groups excluding tert-OH is 1. The number of aliphatic hydroxyl groups is 1. The van der Waals surface area contributed by atoms with Crippen molar-refractivity contribution in [3.05, 3.63) is 28.8 Å². The summed E-state index contributed by atoms with van der Waals surface area (Å²) in [5.41, 5.74) is 5.86. The molecule has 1 atom stereocenters. The number of benzene rings is 1. The van der Waals surface area contributed by atoms with Crippen molar-refractivity contribution in [3.8, 4) is 5.75 Å². The SMILES string of the molecule is CC(C)(CO)[C@H](N)c1ccc(OC(F)(F)F)c(Cl)c1.Cl. The van der Waals surface area contributed by atoms with Gasteiger partial charge in [-0.1, -0.05) is 31.5 Å². The van der Waals surface area contributed by atoms with Crippen LogP contribution in [-0.2, 0) is 0 Å². The quantitative estimate of drug-likeness (QED) is 0.883. The van der Waals surface area contributed by atoms with Gasteiger partial charge in [0.2, 0.25) is 0 Å². The lowest BCUT2D eigenvalue weighted by Gasteiger charge is -2.30. The molecule has 0 fully saturated rings. The molecular formula is C12H16Cl2F3NO2. The Kier molecular flexibility index (Phi) is 6.61. The number of nitrogens with two attached hydrogens (primary N) is 1. The molecule has 3 N–H and O–H groups in total. The third kappa shape index (κ3) is 5.01. The standard InChI is InChI=1S/C12H15ClF3NO2.ClH/c1-11(2,6-18)10(17)7-3-4-9(8(13)5-7)19-12(14,15)16;/h3-5,10,18H,6,17H2,1-2H3;1H/t10-;/m1./s1. The van der Waals surface area contributed by atoms with Crippen LogP contribution in [-0.4, -0.2) is 18.1 Å². The normalized spacial score (nSPS) is 13.6. The topological polar surface area (TPSA) is 55.5 Å². The van der Waals surface area contributed by atoms with Crippen LogP contribution in [0.3, 0.4) is 0 Å². The van der Waals surface area contributed by atoms with Crippen molar-refractivity contribution in [1.29, 1.82) is 0 Å². The largest absolute Gasteiger partial charge is 0.573 e. The van der Waals surface area contributed by atoms with E-state index >= 15 is 0 Å². The van der Waals surface area contributed by atoms with Crippen LogP contribution < -0.4 is 10.5 Å². The molecule has 1 rings (SSSR count). The lowest BCUT2D eigenvalue weighted by Crippen LogP contribution is -2.32. The molecule has 8 heteroatoms. The van der Waals surface area contributed by atoms with Crippen LogP contribution in [0.4, 0.5) is 13.2 Å². The van der Waals surface area contributed by atoms with E-state index in [1.54, 1.807) is 13.8 Å². The number of alkyl halides is 3. The summed E-state index contributed by atoms with van der Waals surface area (Å²) in [7, 11) is 0. The van der Waals surface area contributed by atoms with E-state index in [4.69, 9.17) is 17.3 Å². The average Bonchev–Trinajstić information content (AvgIpc) is 2.29. The summed E-state index contributed by atoms with van der Waals surface area (Å²) in [4.78, 5) is 0. The first kappa shape index (κ1) is 19.3. The molecule has 20 heavy (non-hydrogen) atoms. The van der Waals surface area contributed by atoms with Gasteiger partial charge in [-0.05, 0) is 17.7 Å². The fraction of sp³-hybridized carbons (Fsp3) is 0.500. The Hall–Kier alpha value is -0.690. The molecule has 1 aromatic carbocycles. The van der Waals surface area contributed by atoms with Crippen LogP contribution in [0.25, 0.3) is 0 Å². The molecule has 0 aromatic heterocycles. The third-order valence-electron chi connectivity index (χ3n) is 2.79. The van der Waals surface area contributed by atoms with Gasteiger partial charge in [-0.25, -0.2) is 0 Å². The van der Waals surface area contributed by atoms with E-state index in [1.165, 1.54) is 12.1 Å². The van der Waals surface area contributed by atoms with Crippen LogP contribution in [0, 0.1) is 5.41 Å². The second-order valence-corrected chi connectivity index (χ2v) is 5.27. The van der Waals surface area contributed by atoms with Gasteiger partial charge in [-0.15, -0.1) is 25.6 Å². The van der Waals surface area contributed by atoms with Crippen molar-refractivity contribution in [2.24, 2.45) is 11.1 Å². The number of ether oxygens (including phenoxy) is 1. The minimum atomic E-state index is -4.79. The van der Waals surface area contributed by atoms with Gasteiger partial charge < -0.3 is 15.6 Å². The minimum absolute atomic E-state index is 0. The highest BCUT2D eigenvalue weighted by Gasteiger charge is 2.33. The molecule has 3 nitrogen and oxygen atoms in total. The molecule has 0 saturated carbocycles. The van der Waals surface area contributed by atoms with Crippen LogP contribution in [0.5, 0.6) is 5.75 Å². The Morgan fingerprint density at radius 1 is 1.35 bits per heavy atom. The maximum Gasteiger partial charge on any atom is 0.573 e. The van der Waals surface area contributed by atoms with Crippen molar-refractivity contribution in [2.75, 3.05) is 6.61 Å². The Balaban J connectivity index is 0.00000361. The van der Waals surface area contributed by atoms with Gasteiger partial charge in [0.1, 0.15) is 5.75 Å². The summed E-state index contributed by atoms with van der Waals surface area (Å²) >= 11 is 5.73. The Labute approximate surface area is 126 Å². The first-order valence-electron chi connectivity index (χ1n) is 5.48. The highest BCUT2D eigenvalue weighted by atomic mass is 35.5. The van der Waals surface area contributed by atoms with E-state index in [2.05, 4.69) is 4.74 Å². The maximum atomic E-state index is 12.1. The number of hydrogen-bond donors (Lipinski definition) is 2. The molecule has 116 valence electrons. The van der Waals surface area contributed by atoms with E-state index in [1.807, 2.05) is 0 Å². The van der Waals surface area contributed by atoms with Crippen molar-refractivity contribution in [3.63, 3.8) is 0 Å². The highest BCUT2D eigenvalue weighted by Crippen LogP contribution is 2.36. The lowest BCUT2D eigenvalue weighted by atomic mass is 9.82.